The van der Waals surface area contributed by atoms with Crippen LogP contribution in [0, 0.1) is 13.8 Å². The number of nitrogens with one attached hydrogen (secondary N) is 1. The summed E-state index contributed by atoms with van der Waals surface area (Å²) in [5, 5.41) is 6.09. The van der Waals surface area contributed by atoms with Crippen LogP contribution in [0.1, 0.15) is 17.4 Å². The van der Waals surface area contributed by atoms with E-state index in [4.69, 9.17) is 5.73 Å². The van der Waals surface area contributed by atoms with Gasteiger partial charge in [-0.25, -0.2) is 9.97 Å². The van der Waals surface area contributed by atoms with Gasteiger partial charge in [0.1, 0.15) is 16.7 Å². The van der Waals surface area contributed by atoms with Crippen molar-refractivity contribution in [1.29, 1.82) is 0 Å². The second kappa shape index (κ2) is 5.66. The first-order chi connectivity index (χ1) is 10.5. The second-order valence-electron chi connectivity index (χ2n) is 5.10. The number of aryl methyl sites for hydroxylation is 2. The third kappa shape index (κ3) is 2.57. The fourth-order valence-electron chi connectivity index (χ4n) is 2.15. The average Bonchev–Trinajstić information content (AvgIpc) is 3.08. The molecule has 114 valence electrons. The van der Waals surface area contributed by atoms with E-state index in [-0.39, 0.29) is 0 Å². The van der Waals surface area contributed by atoms with Gasteiger partial charge in [0.2, 0.25) is 5.91 Å². The Bertz CT molecular complexity index is 839. The summed E-state index contributed by atoms with van der Waals surface area (Å²) in [5.41, 5.74) is 6.50. The van der Waals surface area contributed by atoms with Crippen molar-refractivity contribution in [2.24, 2.45) is 5.73 Å². The first kappa shape index (κ1) is 14.9. The summed E-state index contributed by atoms with van der Waals surface area (Å²) < 4.78 is 0. The smallest absolute Gasteiger partial charge is 0.239 e. The zero-order chi connectivity index (χ0) is 15.9. The van der Waals surface area contributed by atoms with E-state index in [1.54, 1.807) is 29.6 Å². The van der Waals surface area contributed by atoms with Gasteiger partial charge in [0.25, 0.3) is 0 Å². The van der Waals surface area contributed by atoms with E-state index in [9.17, 15) is 4.79 Å². The predicted octanol–water partition coefficient (Wildman–Crippen LogP) is 3.32. The van der Waals surface area contributed by atoms with E-state index in [0.29, 0.717) is 11.6 Å². The van der Waals surface area contributed by atoms with Gasteiger partial charge in [0.05, 0.1) is 10.3 Å². The highest BCUT2D eigenvalue weighted by atomic mass is 32.1. The van der Waals surface area contributed by atoms with Crippen molar-refractivity contribution < 1.29 is 4.79 Å². The number of aromatic nitrogens is 2. The largest absolute Gasteiger partial charge is 0.368 e. The van der Waals surface area contributed by atoms with E-state index >= 15 is 0 Å². The molecular formula is C15H16N4OS2. The number of anilines is 1. The van der Waals surface area contributed by atoms with E-state index < -0.39 is 11.9 Å². The van der Waals surface area contributed by atoms with Gasteiger partial charge in [-0.05, 0) is 37.8 Å². The van der Waals surface area contributed by atoms with Crippen LogP contribution in [-0.4, -0.2) is 21.9 Å². The van der Waals surface area contributed by atoms with Crippen molar-refractivity contribution in [3.05, 3.63) is 28.0 Å². The normalized spacial score (nSPS) is 12.5. The number of nitrogens with two attached hydrogens (primary N) is 1. The summed E-state index contributed by atoms with van der Waals surface area (Å²) in [5.74, 6) is 0.929. The lowest BCUT2D eigenvalue weighted by Crippen LogP contribution is -2.32. The van der Waals surface area contributed by atoms with Crippen LogP contribution in [-0.2, 0) is 4.79 Å². The summed E-state index contributed by atoms with van der Waals surface area (Å²) >= 11 is 3.23. The molecule has 1 atom stereocenters. The van der Waals surface area contributed by atoms with Crippen LogP contribution in [0.4, 0.5) is 5.82 Å². The quantitative estimate of drug-likeness (QED) is 0.768. The molecule has 3 heterocycles. The maximum atomic E-state index is 11.4. The fourth-order valence-corrected chi connectivity index (χ4v) is 3.83. The van der Waals surface area contributed by atoms with Crippen molar-refractivity contribution in [1.82, 2.24) is 9.97 Å². The van der Waals surface area contributed by atoms with Gasteiger partial charge in [-0.3, -0.25) is 4.79 Å². The topological polar surface area (TPSA) is 80.9 Å². The lowest BCUT2D eigenvalue weighted by molar-refractivity contribution is -0.118. The lowest BCUT2D eigenvalue weighted by atomic mass is 10.2. The number of nitrogens with zero attached hydrogens (tertiary/aromatic N) is 2. The number of fused-ring (bicyclic) bond motifs is 1. The van der Waals surface area contributed by atoms with Crippen LogP contribution in [0.2, 0.25) is 0 Å². The Morgan fingerprint density at radius 3 is 2.77 bits per heavy atom. The molecule has 0 fully saturated rings. The van der Waals surface area contributed by atoms with Crippen molar-refractivity contribution in [3.63, 3.8) is 0 Å². The molecule has 0 aliphatic rings. The molecule has 0 aliphatic heterocycles. The number of primary amides is 1. The van der Waals surface area contributed by atoms with Gasteiger partial charge in [-0.15, -0.1) is 22.7 Å². The average molecular weight is 332 g/mol. The molecule has 0 aromatic carbocycles. The molecule has 3 aromatic heterocycles. The standard InChI is InChI=1S/C15H16N4OS2/c1-7-9(3)22-15-11(7)14(17-8(2)12(16)20)18-13(19-15)10-5-4-6-21-10/h4-6,8H,1-3H3,(H2,16,20)(H,17,18,19)/t8-/m0/s1. The molecule has 0 bridgehead atoms. The van der Waals surface area contributed by atoms with E-state index in [1.165, 1.54) is 4.88 Å². The molecule has 7 heteroatoms. The summed E-state index contributed by atoms with van der Waals surface area (Å²) in [4.78, 5) is 23.8. The molecule has 3 N–H and O–H groups in total. The number of carbonyl (C=O) groups is 1. The zero-order valence-corrected chi connectivity index (χ0v) is 14.1. The first-order valence-corrected chi connectivity index (χ1v) is 8.54. The molecule has 0 spiro atoms. The number of hydrogen-bond acceptors (Lipinski definition) is 6. The summed E-state index contributed by atoms with van der Waals surface area (Å²) in [6.07, 6.45) is 0. The predicted molar refractivity (Wildman–Crippen MR) is 92.5 cm³/mol. The van der Waals surface area contributed by atoms with Gasteiger partial charge in [0, 0.05) is 4.88 Å². The Labute approximate surface area is 136 Å². The molecule has 5 nitrogen and oxygen atoms in total. The number of carbonyl (C=O) groups excluding carboxylic acids is 1. The van der Waals surface area contributed by atoms with Crippen molar-refractivity contribution in [2.45, 2.75) is 26.8 Å². The summed E-state index contributed by atoms with van der Waals surface area (Å²) in [6, 6.07) is 3.46. The Hall–Kier alpha value is -1.99. The van der Waals surface area contributed by atoms with Gasteiger partial charge in [0.15, 0.2) is 5.82 Å². The molecule has 0 aliphatic carbocycles. The van der Waals surface area contributed by atoms with Gasteiger partial charge >= 0.3 is 0 Å². The minimum atomic E-state index is -0.492. The SMILES string of the molecule is Cc1sc2nc(-c3cccs3)nc(N[C@@H](C)C(N)=O)c2c1C. The van der Waals surface area contributed by atoms with Gasteiger partial charge < -0.3 is 11.1 Å². The third-order valence-corrected chi connectivity index (χ3v) is 5.52. The molecule has 3 rings (SSSR count). The molecule has 0 radical (unpaired) electrons. The van der Waals surface area contributed by atoms with Crippen LogP contribution in [0.5, 0.6) is 0 Å². The maximum Gasteiger partial charge on any atom is 0.239 e. The van der Waals surface area contributed by atoms with E-state index in [1.807, 2.05) is 24.4 Å². The Morgan fingerprint density at radius 2 is 2.14 bits per heavy atom. The maximum absolute atomic E-state index is 11.4. The van der Waals surface area contributed by atoms with Crippen molar-refractivity contribution in [3.8, 4) is 10.7 Å². The Kier molecular flexibility index (Phi) is 3.84. The molecule has 3 aromatic rings. The van der Waals surface area contributed by atoms with Crippen molar-refractivity contribution >= 4 is 44.6 Å². The van der Waals surface area contributed by atoms with Crippen LogP contribution < -0.4 is 11.1 Å². The lowest BCUT2D eigenvalue weighted by Gasteiger charge is -2.13. The number of hydrogen-bond donors (Lipinski definition) is 2. The highest BCUT2D eigenvalue weighted by Crippen LogP contribution is 2.35. The highest BCUT2D eigenvalue weighted by Gasteiger charge is 2.18. The summed E-state index contributed by atoms with van der Waals surface area (Å²) in [6.45, 7) is 5.84. The summed E-state index contributed by atoms with van der Waals surface area (Å²) in [7, 11) is 0. The van der Waals surface area contributed by atoms with Crippen LogP contribution in [0.15, 0.2) is 17.5 Å². The van der Waals surface area contributed by atoms with Crippen LogP contribution in [0.3, 0.4) is 0 Å². The van der Waals surface area contributed by atoms with Crippen molar-refractivity contribution in [2.75, 3.05) is 5.32 Å². The number of thiophene rings is 2. The van der Waals surface area contributed by atoms with E-state index in [2.05, 4.69) is 22.2 Å². The fraction of sp³-hybridized carbons (Fsp3) is 0.267. The highest BCUT2D eigenvalue weighted by molar-refractivity contribution is 7.19. The van der Waals surface area contributed by atoms with Crippen LogP contribution in [0.25, 0.3) is 20.9 Å². The van der Waals surface area contributed by atoms with Crippen LogP contribution >= 0.6 is 22.7 Å². The Morgan fingerprint density at radius 1 is 1.36 bits per heavy atom. The number of amides is 1. The minimum Gasteiger partial charge on any atom is -0.368 e. The molecule has 0 saturated heterocycles. The molecule has 1 amide bonds. The molecule has 0 saturated carbocycles. The van der Waals surface area contributed by atoms with Gasteiger partial charge in [-0.2, -0.15) is 0 Å². The minimum absolute atomic E-state index is 0.408. The molecule has 22 heavy (non-hydrogen) atoms. The molecule has 0 unspecified atom stereocenters. The van der Waals surface area contributed by atoms with E-state index in [0.717, 1.165) is 20.7 Å². The first-order valence-electron chi connectivity index (χ1n) is 6.85. The second-order valence-corrected chi connectivity index (χ2v) is 7.26. The van der Waals surface area contributed by atoms with Gasteiger partial charge in [-0.1, -0.05) is 6.07 Å². The zero-order valence-electron chi connectivity index (χ0n) is 12.5. The third-order valence-electron chi connectivity index (χ3n) is 3.55. The number of rotatable bonds is 4. The molecular weight excluding hydrogens is 316 g/mol. The monoisotopic (exact) mass is 332 g/mol. The Balaban J connectivity index is 2.19.